The lowest BCUT2D eigenvalue weighted by molar-refractivity contribution is 0.0697. The second-order valence-corrected chi connectivity index (χ2v) is 8.52. The molecule has 0 bridgehead atoms. The molecule has 1 N–H and O–H groups in total. The van der Waals surface area contributed by atoms with Gasteiger partial charge in [-0.3, -0.25) is 0 Å². The van der Waals surface area contributed by atoms with Crippen LogP contribution in [0, 0.1) is 18.6 Å². The average molecular weight is 471 g/mol. The highest BCUT2D eigenvalue weighted by molar-refractivity contribution is 7.14. The number of carbonyl (C=O) groups is 1. The second-order valence-electron chi connectivity index (χ2n) is 7.16. The number of hydrogen-bond acceptors (Lipinski definition) is 3. The number of hydrogen-bond donors (Lipinski definition) is 1. The van der Waals surface area contributed by atoms with E-state index in [9.17, 15) is 18.7 Å². The molecule has 0 radical (unpaired) electrons. The summed E-state index contributed by atoms with van der Waals surface area (Å²) in [7, 11) is 0. The number of aromatic carboxylic acids is 1. The van der Waals surface area contributed by atoms with E-state index >= 15 is 0 Å². The Morgan fingerprint density at radius 2 is 1.81 bits per heavy atom. The van der Waals surface area contributed by atoms with Crippen LogP contribution in [-0.4, -0.2) is 11.1 Å². The first-order chi connectivity index (χ1) is 15.3. The van der Waals surface area contributed by atoms with Crippen LogP contribution in [0.15, 0.2) is 66.0 Å². The molecule has 3 nitrogen and oxygen atoms in total. The van der Waals surface area contributed by atoms with Crippen LogP contribution in [0.4, 0.5) is 8.78 Å². The van der Waals surface area contributed by atoms with E-state index in [1.54, 1.807) is 36.4 Å². The molecule has 0 amide bonds. The number of aryl methyl sites for hydroxylation is 1. The highest BCUT2D eigenvalue weighted by Crippen LogP contribution is 2.43. The Labute approximate surface area is 192 Å². The number of halogens is 3. The van der Waals surface area contributed by atoms with E-state index < -0.39 is 17.6 Å². The van der Waals surface area contributed by atoms with Crippen molar-refractivity contribution in [3.8, 4) is 27.3 Å². The molecule has 32 heavy (non-hydrogen) atoms. The van der Waals surface area contributed by atoms with Gasteiger partial charge in [-0.25, -0.2) is 13.6 Å². The number of thiophene rings is 1. The van der Waals surface area contributed by atoms with Gasteiger partial charge in [0.2, 0.25) is 0 Å². The van der Waals surface area contributed by atoms with E-state index in [-0.39, 0.29) is 17.7 Å². The molecule has 0 aliphatic rings. The second kappa shape index (κ2) is 9.10. The molecule has 0 spiro atoms. The third kappa shape index (κ3) is 4.52. The molecule has 4 aromatic rings. The first kappa shape index (κ1) is 22.0. The zero-order chi connectivity index (χ0) is 22.8. The van der Waals surface area contributed by atoms with Crippen LogP contribution in [0.25, 0.3) is 21.6 Å². The standard InChI is InChI=1S/C25H17ClF2O3S/c1-14-10-15(25(29)30)3-6-19(14)24-20(8-9-32-24)21-11-17(26)4-7-23(21)31-13-16-2-5-18(27)12-22(16)28/h2-12H,13H2,1H3,(H,29,30). The van der Waals surface area contributed by atoms with Gasteiger partial charge in [0.15, 0.2) is 0 Å². The van der Waals surface area contributed by atoms with Crippen molar-refractivity contribution in [2.75, 3.05) is 0 Å². The molecule has 162 valence electrons. The average Bonchev–Trinajstić information content (AvgIpc) is 3.23. The van der Waals surface area contributed by atoms with Gasteiger partial charge in [0.05, 0.1) is 5.56 Å². The van der Waals surface area contributed by atoms with Crippen LogP contribution in [0.2, 0.25) is 5.02 Å². The Morgan fingerprint density at radius 3 is 2.53 bits per heavy atom. The predicted molar refractivity (Wildman–Crippen MR) is 123 cm³/mol. The summed E-state index contributed by atoms with van der Waals surface area (Å²) in [6.07, 6.45) is 0. The van der Waals surface area contributed by atoms with E-state index in [2.05, 4.69) is 0 Å². The lowest BCUT2D eigenvalue weighted by Crippen LogP contribution is -2.00. The molecular weight excluding hydrogens is 454 g/mol. The molecule has 0 aliphatic heterocycles. The summed E-state index contributed by atoms with van der Waals surface area (Å²) in [4.78, 5) is 12.2. The van der Waals surface area contributed by atoms with Crippen LogP contribution in [0.5, 0.6) is 5.75 Å². The van der Waals surface area contributed by atoms with Gasteiger partial charge >= 0.3 is 5.97 Å². The Kier molecular flexibility index (Phi) is 6.26. The molecule has 0 unspecified atom stereocenters. The number of rotatable bonds is 6. The van der Waals surface area contributed by atoms with Crippen molar-refractivity contribution in [3.63, 3.8) is 0 Å². The maximum atomic E-state index is 14.0. The van der Waals surface area contributed by atoms with Gasteiger partial charge in [-0.2, -0.15) is 0 Å². The van der Waals surface area contributed by atoms with Gasteiger partial charge in [-0.1, -0.05) is 17.7 Å². The largest absolute Gasteiger partial charge is 0.488 e. The Morgan fingerprint density at radius 1 is 1.00 bits per heavy atom. The highest BCUT2D eigenvalue weighted by Gasteiger charge is 2.17. The maximum absolute atomic E-state index is 14.0. The van der Waals surface area contributed by atoms with E-state index in [4.69, 9.17) is 16.3 Å². The van der Waals surface area contributed by atoms with Gasteiger partial charge in [0.25, 0.3) is 0 Å². The van der Waals surface area contributed by atoms with Crippen LogP contribution < -0.4 is 4.74 Å². The van der Waals surface area contributed by atoms with E-state index in [0.717, 1.165) is 33.2 Å². The van der Waals surface area contributed by atoms with Crippen LogP contribution >= 0.6 is 22.9 Å². The monoisotopic (exact) mass is 470 g/mol. The van der Waals surface area contributed by atoms with Crippen LogP contribution in [-0.2, 0) is 6.61 Å². The summed E-state index contributed by atoms with van der Waals surface area (Å²) in [5.41, 5.74) is 3.76. The minimum Gasteiger partial charge on any atom is -0.488 e. The molecule has 0 saturated heterocycles. The topological polar surface area (TPSA) is 46.5 Å². The van der Waals surface area contributed by atoms with Crippen molar-refractivity contribution < 1.29 is 23.4 Å². The zero-order valence-corrected chi connectivity index (χ0v) is 18.4. The van der Waals surface area contributed by atoms with Gasteiger partial charge in [0.1, 0.15) is 24.0 Å². The summed E-state index contributed by atoms with van der Waals surface area (Å²) in [6.45, 7) is 1.78. The summed E-state index contributed by atoms with van der Waals surface area (Å²) in [6, 6.07) is 15.4. The van der Waals surface area contributed by atoms with Crippen molar-refractivity contribution in [3.05, 3.63) is 99.4 Å². The Hall–Kier alpha value is -3.22. The molecule has 7 heteroatoms. The zero-order valence-electron chi connectivity index (χ0n) is 16.9. The fourth-order valence-corrected chi connectivity index (χ4v) is 4.59. The van der Waals surface area contributed by atoms with Crippen molar-refractivity contribution in [1.29, 1.82) is 0 Å². The van der Waals surface area contributed by atoms with E-state index in [1.165, 1.54) is 23.5 Å². The number of carboxylic acid groups (broad SMARTS) is 1. The number of carboxylic acids is 1. The Balaban J connectivity index is 1.72. The summed E-state index contributed by atoms with van der Waals surface area (Å²) in [5.74, 6) is -1.81. The first-order valence-corrected chi connectivity index (χ1v) is 10.9. The molecule has 0 atom stereocenters. The minimum absolute atomic E-state index is 0.0768. The summed E-state index contributed by atoms with van der Waals surface area (Å²) >= 11 is 7.77. The summed E-state index contributed by atoms with van der Waals surface area (Å²) in [5, 5.41) is 11.7. The Bertz CT molecular complexity index is 1320. The fourth-order valence-electron chi connectivity index (χ4n) is 3.41. The molecule has 0 saturated carbocycles. The van der Waals surface area contributed by atoms with Gasteiger partial charge in [-0.15, -0.1) is 11.3 Å². The molecule has 4 rings (SSSR count). The minimum atomic E-state index is -0.982. The third-order valence-corrected chi connectivity index (χ3v) is 6.20. The van der Waals surface area contributed by atoms with Crippen molar-refractivity contribution in [2.24, 2.45) is 0 Å². The first-order valence-electron chi connectivity index (χ1n) is 9.62. The third-order valence-electron chi connectivity index (χ3n) is 5.01. The van der Waals surface area contributed by atoms with Crippen molar-refractivity contribution in [2.45, 2.75) is 13.5 Å². The highest BCUT2D eigenvalue weighted by atomic mass is 35.5. The van der Waals surface area contributed by atoms with Crippen LogP contribution in [0.3, 0.4) is 0 Å². The van der Waals surface area contributed by atoms with Gasteiger partial charge in [0, 0.05) is 32.7 Å². The quantitative estimate of drug-likeness (QED) is 0.315. The van der Waals surface area contributed by atoms with Crippen molar-refractivity contribution in [1.82, 2.24) is 0 Å². The van der Waals surface area contributed by atoms with E-state index in [0.29, 0.717) is 10.8 Å². The number of benzene rings is 3. The molecule has 0 fully saturated rings. The smallest absolute Gasteiger partial charge is 0.335 e. The molecule has 3 aromatic carbocycles. The lowest BCUT2D eigenvalue weighted by Gasteiger charge is -2.14. The summed E-state index contributed by atoms with van der Waals surface area (Å²) < 4.78 is 33.1. The number of ether oxygens (including phenoxy) is 1. The maximum Gasteiger partial charge on any atom is 0.335 e. The SMILES string of the molecule is Cc1cc(C(=O)O)ccc1-c1sccc1-c1cc(Cl)ccc1OCc1ccc(F)cc1F. The van der Waals surface area contributed by atoms with Gasteiger partial charge < -0.3 is 9.84 Å². The molecule has 0 aliphatic carbocycles. The normalized spacial score (nSPS) is 10.9. The lowest BCUT2D eigenvalue weighted by atomic mass is 9.98. The predicted octanol–water partition coefficient (Wildman–Crippen LogP) is 7.60. The van der Waals surface area contributed by atoms with Crippen LogP contribution in [0.1, 0.15) is 21.5 Å². The van der Waals surface area contributed by atoms with E-state index in [1.807, 2.05) is 18.4 Å². The molecule has 1 heterocycles. The fraction of sp³-hybridized carbons (Fsp3) is 0.0800. The van der Waals surface area contributed by atoms with Gasteiger partial charge in [-0.05, 0) is 72.0 Å². The molecular formula is C25H17ClF2O3S. The van der Waals surface area contributed by atoms with Crippen molar-refractivity contribution >= 4 is 28.9 Å². The molecule has 1 aromatic heterocycles.